The predicted molar refractivity (Wildman–Crippen MR) is 101 cm³/mol. The molecule has 2 rings (SSSR count). The molecule has 0 saturated heterocycles. The minimum atomic E-state index is 0.429. The average Bonchev–Trinajstić information content (AvgIpc) is 2.53. The van der Waals surface area contributed by atoms with Crippen LogP contribution in [0.25, 0.3) is 0 Å². The number of hydrogen-bond donors (Lipinski definition) is 2. The smallest absolute Gasteiger partial charge is 0.121 e. The van der Waals surface area contributed by atoms with Crippen molar-refractivity contribution in [3.63, 3.8) is 0 Å². The standard InChI is InChI=1S/C22H30O2/c1-15-11-19(12-16(2)21(15)23)9-7-5-6-8-10-20-13-17(3)22(24)18(4)14-20/h11-14,23-24H,5-10H2,1-4H3. The highest BCUT2D eigenvalue weighted by atomic mass is 16.3. The molecule has 0 amide bonds. The molecule has 0 atom stereocenters. The second-order valence-corrected chi connectivity index (χ2v) is 7.07. The van der Waals surface area contributed by atoms with Crippen LogP contribution in [0.4, 0.5) is 0 Å². The maximum absolute atomic E-state index is 9.82. The molecule has 0 heterocycles. The molecule has 2 N–H and O–H groups in total. The van der Waals surface area contributed by atoms with Gasteiger partial charge in [-0.15, -0.1) is 0 Å². The molecule has 0 radical (unpaired) electrons. The van der Waals surface area contributed by atoms with Crippen molar-refractivity contribution < 1.29 is 10.2 Å². The van der Waals surface area contributed by atoms with Crippen LogP contribution in [0.1, 0.15) is 59.1 Å². The second kappa shape index (κ2) is 8.23. The van der Waals surface area contributed by atoms with E-state index in [0.717, 1.165) is 35.1 Å². The van der Waals surface area contributed by atoms with Gasteiger partial charge in [0.25, 0.3) is 0 Å². The predicted octanol–water partition coefficient (Wildman–Crippen LogP) is 5.68. The summed E-state index contributed by atoms with van der Waals surface area (Å²) >= 11 is 0. The number of hydrogen-bond acceptors (Lipinski definition) is 2. The van der Waals surface area contributed by atoms with E-state index in [4.69, 9.17) is 0 Å². The van der Waals surface area contributed by atoms with Gasteiger partial charge in [-0.05, 0) is 86.8 Å². The van der Waals surface area contributed by atoms with Gasteiger partial charge in [0.15, 0.2) is 0 Å². The van der Waals surface area contributed by atoms with Gasteiger partial charge in [0.1, 0.15) is 11.5 Å². The third kappa shape index (κ3) is 4.77. The summed E-state index contributed by atoms with van der Waals surface area (Å²) in [7, 11) is 0. The Morgan fingerprint density at radius 2 is 0.833 bits per heavy atom. The van der Waals surface area contributed by atoms with Crippen LogP contribution in [-0.2, 0) is 12.8 Å². The van der Waals surface area contributed by atoms with E-state index in [1.165, 1.54) is 36.8 Å². The molecule has 0 bridgehead atoms. The summed E-state index contributed by atoms with van der Waals surface area (Å²) in [5, 5.41) is 19.6. The summed E-state index contributed by atoms with van der Waals surface area (Å²) < 4.78 is 0. The van der Waals surface area contributed by atoms with Crippen molar-refractivity contribution in [1.82, 2.24) is 0 Å². The van der Waals surface area contributed by atoms with Crippen LogP contribution < -0.4 is 0 Å². The van der Waals surface area contributed by atoms with E-state index in [1.54, 1.807) is 0 Å². The van der Waals surface area contributed by atoms with Gasteiger partial charge in [0.05, 0.1) is 0 Å². The molecule has 0 aliphatic heterocycles. The number of phenolic OH excluding ortho intramolecular Hbond substituents is 2. The molecule has 0 fully saturated rings. The van der Waals surface area contributed by atoms with Crippen molar-refractivity contribution in [2.24, 2.45) is 0 Å². The number of unbranched alkanes of at least 4 members (excludes halogenated alkanes) is 3. The Morgan fingerprint density at radius 3 is 1.12 bits per heavy atom. The number of rotatable bonds is 7. The molecule has 2 nitrogen and oxygen atoms in total. The van der Waals surface area contributed by atoms with Crippen LogP contribution in [0.15, 0.2) is 24.3 Å². The normalized spacial score (nSPS) is 11.0. The quantitative estimate of drug-likeness (QED) is 0.643. The van der Waals surface area contributed by atoms with Gasteiger partial charge in [0, 0.05) is 0 Å². The first kappa shape index (κ1) is 18.4. The fraction of sp³-hybridized carbons (Fsp3) is 0.455. The monoisotopic (exact) mass is 326 g/mol. The molecule has 130 valence electrons. The van der Waals surface area contributed by atoms with E-state index in [9.17, 15) is 10.2 Å². The zero-order valence-corrected chi connectivity index (χ0v) is 15.4. The van der Waals surface area contributed by atoms with Crippen molar-refractivity contribution >= 4 is 0 Å². The summed E-state index contributed by atoms with van der Waals surface area (Å²) in [5.74, 6) is 0.858. The number of aromatic hydroxyl groups is 2. The molecule has 2 aromatic rings. The zero-order valence-electron chi connectivity index (χ0n) is 15.4. The molecular formula is C22H30O2. The molecule has 0 spiro atoms. The number of aryl methyl sites for hydroxylation is 6. The summed E-state index contributed by atoms with van der Waals surface area (Å²) in [6.45, 7) is 7.86. The van der Waals surface area contributed by atoms with Crippen molar-refractivity contribution in [2.45, 2.75) is 66.2 Å². The van der Waals surface area contributed by atoms with Gasteiger partial charge in [-0.2, -0.15) is 0 Å². The molecule has 0 saturated carbocycles. The van der Waals surface area contributed by atoms with Crippen LogP contribution in [0, 0.1) is 27.7 Å². The van der Waals surface area contributed by atoms with Crippen LogP contribution in [0.3, 0.4) is 0 Å². The zero-order chi connectivity index (χ0) is 17.7. The molecule has 2 aromatic carbocycles. The molecular weight excluding hydrogens is 296 g/mol. The maximum atomic E-state index is 9.82. The van der Waals surface area contributed by atoms with Gasteiger partial charge in [-0.1, -0.05) is 37.1 Å². The first-order valence-electron chi connectivity index (χ1n) is 8.96. The fourth-order valence-electron chi connectivity index (χ4n) is 3.39. The Balaban J connectivity index is 1.72. The molecule has 0 aliphatic rings. The van der Waals surface area contributed by atoms with Gasteiger partial charge in [0.2, 0.25) is 0 Å². The first-order chi connectivity index (χ1) is 11.4. The Hall–Kier alpha value is -1.96. The average molecular weight is 326 g/mol. The van der Waals surface area contributed by atoms with Gasteiger partial charge in [-0.3, -0.25) is 0 Å². The summed E-state index contributed by atoms with van der Waals surface area (Å²) in [5.41, 5.74) is 6.55. The second-order valence-electron chi connectivity index (χ2n) is 7.07. The maximum Gasteiger partial charge on any atom is 0.121 e. The lowest BCUT2D eigenvalue weighted by Gasteiger charge is -2.09. The van der Waals surface area contributed by atoms with E-state index in [0.29, 0.717) is 11.5 Å². The van der Waals surface area contributed by atoms with Gasteiger partial charge in [-0.25, -0.2) is 0 Å². The SMILES string of the molecule is Cc1cc(CCCCCCc2cc(C)c(O)c(C)c2)cc(C)c1O. The number of benzene rings is 2. The first-order valence-corrected chi connectivity index (χ1v) is 8.96. The molecule has 24 heavy (non-hydrogen) atoms. The Labute approximate surface area is 146 Å². The van der Waals surface area contributed by atoms with Crippen LogP contribution in [0.5, 0.6) is 11.5 Å². The Morgan fingerprint density at radius 1 is 0.542 bits per heavy atom. The molecule has 0 aliphatic carbocycles. The van der Waals surface area contributed by atoms with E-state index in [2.05, 4.69) is 24.3 Å². The number of phenols is 2. The Bertz CT molecular complexity index is 594. The highest BCUT2D eigenvalue weighted by molar-refractivity contribution is 5.42. The lowest BCUT2D eigenvalue weighted by molar-refractivity contribution is 0.466. The highest BCUT2D eigenvalue weighted by Gasteiger charge is 2.05. The largest absolute Gasteiger partial charge is 0.507 e. The summed E-state index contributed by atoms with van der Waals surface area (Å²) in [6.07, 6.45) is 7.01. The van der Waals surface area contributed by atoms with Gasteiger partial charge < -0.3 is 10.2 Å². The van der Waals surface area contributed by atoms with Gasteiger partial charge >= 0.3 is 0 Å². The lowest BCUT2D eigenvalue weighted by atomic mass is 9.98. The van der Waals surface area contributed by atoms with Crippen molar-refractivity contribution in [3.05, 3.63) is 57.6 Å². The van der Waals surface area contributed by atoms with Crippen LogP contribution in [-0.4, -0.2) is 10.2 Å². The molecule has 0 aromatic heterocycles. The van der Waals surface area contributed by atoms with E-state index in [-0.39, 0.29) is 0 Å². The van der Waals surface area contributed by atoms with E-state index in [1.807, 2.05) is 27.7 Å². The fourth-order valence-corrected chi connectivity index (χ4v) is 3.39. The minimum Gasteiger partial charge on any atom is -0.507 e. The summed E-state index contributed by atoms with van der Waals surface area (Å²) in [4.78, 5) is 0. The third-order valence-corrected chi connectivity index (χ3v) is 4.78. The van der Waals surface area contributed by atoms with Crippen molar-refractivity contribution in [3.8, 4) is 11.5 Å². The van der Waals surface area contributed by atoms with E-state index < -0.39 is 0 Å². The van der Waals surface area contributed by atoms with Crippen molar-refractivity contribution in [2.75, 3.05) is 0 Å². The van der Waals surface area contributed by atoms with Crippen LogP contribution >= 0.6 is 0 Å². The molecule has 2 heteroatoms. The molecule has 0 unspecified atom stereocenters. The summed E-state index contributed by atoms with van der Waals surface area (Å²) in [6, 6.07) is 8.41. The minimum absolute atomic E-state index is 0.429. The third-order valence-electron chi connectivity index (χ3n) is 4.78. The van der Waals surface area contributed by atoms with Crippen molar-refractivity contribution in [1.29, 1.82) is 0 Å². The topological polar surface area (TPSA) is 40.5 Å². The van der Waals surface area contributed by atoms with Crippen LogP contribution in [0.2, 0.25) is 0 Å². The van der Waals surface area contributed by atoms with E-state index >= 15 is 0 Å². The Kier molecular flexibility index (Phi) is 6.30. The highest BCUT2D eigenvalue weighted by Crippen LogP contribution is 2.25. The lowest BCUT2D eigenvalue weighted by Crippen LogP contribution is -1.92.